The van der Waals surface area contributed by atoms with Crippen LogP contribution in [0.1, 0.15) is 32.8 Å². The maximum atomic E-state index is 12.7. The molecule has 4 nitrogen and oxygen atoms in total. The van der Waals surface area contributed by atoms with Crippen LogP contribution in [0.4, 0.5) is 0 Å². The van der Waals surface area contributed by atoms with E-state index in [0.717, 1.165) is 12.8 Å². The van der Waals surface area contributed by atoms with Gasteiger partial charge in [-0.3, -0.25) is 10.1 Å². The summed E-state index contributed by atoms with van der Waals surface area (Å²) in [7, 11) is 0. The molecule has 3 atom stereocenters. The third-order valence-corrected chi connectivity index (χ3v) is 3.99. The fraction of sp³-hybridized carbons (Fsp3) is 0.588. The number of rotatable bonds is 7. The molecule has 1 N–H and O–H groups in total. The number of nitrogens with zero attached hydrogens (tertiary/aromatic N) is 1. The average molecular weight is 290 g/mol. The molecule has 0 spiro atoms. The SMILES string of the molecule is CCOCC(C)N1C(=O)C(Cc2ccccc2)NC1CC. The Hall–Kier alpha value is -1.39. The Kier molecular flexibility index (Phi) is 5.76. The fourth-order valence-electron chi connectivity index (χ4n) is 2.92. The van der Waals surface area contributed by atoms with Gasteiger partial charge in [-0.25, -0.2) is 0 Å². The van der Waals surface area contributed by atoms with E-state index in [4.69, 9.17) is 4.74 Å². The van der Waals surface area contributed by atoms with Crippen LogP contribution in [-0.4, -0.2) is 42.3 Å². The Morgan fingerprint density at radius 1 is 1.29 bits per heavy atom. The summed E-state index contributed by atoms with van der Waals surface area (Å²) in [5.74, 6) is 0.193. The third kappa shape index (κ3) is 3.83. The van der Waals surface area contributed by atoms with Gasteiger partial charge in [0.1, 0.15) is 0 Å². The molecular formula is C17H26N2O2. The monoisotopic (exact) mass is 290 g/mol. The van der Waals surface area contributed by atoms with Crippen LogP contribution in [0.2, 0.25) is 0 Å². The van der Waals surface area contributed by atoms with E-state index in [1.807, 2.05) is 30.0 Å². The largest absolute Gasteiger partial charge is 0.380 e. The number of benzene rings is 1. The highest BCUT2D eigenvalue weighted by Crippen LogP contribution is 2.20. The van der Waals surface area contributed by atoms with Crippen molar-refractivity contribution in [3.05, 3.63) is 35.9 Å². The molecule has 21 heavy (non-hydrogen) atoms. The van der Waals surface area contributed by atoms with Gasteiger partial charge in [-0.2, -0.15) is 0 Å². The summed E-state index contributed by atoms with van der Waals surface area (Å²) in [4.78, 5) is 14.7. The van der Waals surface area contributed by atoms with E-state index < -0.39 is 0 Å². The van der Waals surface area contributed by atoms with Crippen molar-refractivity contribution in [2.75, 3.05) is 13.2 Å². The fourth-order valence-corrected chi connectivity index (χ4v) is 2.92. The van der Waals surface area contributed by atoms with Gasteiger partial charge in [0.15, 0.2) is 0 Å². The van der Waals surface area contributed by atoms with Crippen molar-refractivity contribution in [2.24, 2.45) is 0 Å². The molecule has 2 rings (SSSR count). The quantitative estimate of drug-likeness (QED) is 0.837. The van der Waals surface area contributed by atoms with Crippen molar-refractivity contribution in [3.63, 3.8) is 0 Å². The van der Waals surface area contributed by atoms with Crippen molar-refractivity contribution in [2.45, 2.75) is 51.9 Å². The highest BCUT2D eigenvalue weighted by atomic mass is 16.5. The number of nitrogens with one attached hydrogen (secondary N) is 1. The summed E-state index contributed by atoms with van der Waals surface area (Å²) in [6.45, 7) is 7.42. The van der Waals surface area contributed by atoms with Crippen molar-refractivity contribution in [1.29, 1.82) is 0 Å². The van der Waals surface area contributed by atoms with Gasteiger partial charge in [-0.05, 0) is 32.3 Å². The van der Waals surface area contributed by atoms with Crippen molar-refractivity contribution >= 4 is 5.91 Å². The smallest absolute Gasteiger partial charge is 0.241 e. The predicted molar refractivity (Wildman–Crippen MR) is 83.9 cm³/mol. The Morgan fingerprint density at radius 2 is 2.00 bits per heavy atom. The van der Waals surface area contributed by atoms with E-state index in [9.17, 15) is 4.79 Å². The summed E-state index contributed by atoms with van der Waals surface area (Å²) in [5, 5.41) is 3.47. The molecule has 4 heteroatoms. The Morgan fingerprint density at radius 3 is 2.62 bits per heavy atom. The van der Waals surface area contributed by atoms with Crippen LogP contribution in [0.5, 0.6) is 0 Å². The summed E-state index contributed by atoms with van der Waals surface area (Å²) >= 11 is 0. The molecule has 0 radical (unpaired) electrons. The van der Waals surface area contributed by atoms with Gasteiger partial charge >= 0.3 is 0 Å². The number of ether oxygens (including phenoxy) is 1. The molecule has 1 aromatic rings. The minimum atomic E-state index is -0.124. The van der Waals surface area contributed by atoms with E-state index in [2.05, 4.69) is 31.3 Å². The number of hydrogen-bond donors (Lipinski definition) is 1. The lowest BCUT2D eigenvalue weighted by molar-refractivity contribution is -0.133. The lowest BCUT2D eigenvalue weighted by atomic mass is 10.1. The summed E-state index contributed by atoms with van der Waals surface area (Å²) in [6, 6.07) is 10.2. The van der Waals surface area contributed by atoms with Crippen molar-refractivity contribution < 1.29 is 9.53 Å². The predicted octanol–water partition coefficient (Wildman–Crippen LogP) is 2.19. The molecule has 116 valence electrons. The zero-order valence-electron chi connectivity index (χ0n) is 13.2. The number of hydrogen-bond acceptors (Lipinski definition) is 3. The van der Waals surface area contributed by atoms with Gasteiger partial charge in [0.2, 0.25) is 5.91 Å². The first-order chi connectivity index (χ1) is 10.2. The van der Waals surface area contributed by atoms with E-state index in [0.29, 0.717) is 13.2 Å². The van der Waals surface area contributed by atoms with Gasteiger partial charge in [0, 0.05) is 6.61 Å². The zero-order valence-corrected chi connectivity index (χ0v) is 13.2. The second kappa shape index (κ2) is 7.57. The molecule has 0 bridgehead atoms. The lowest BCUT2D eigenvalue weighted by Gasteiger charge is -2.29. The first kappa shape index (κ1) is 16.0. The molecular weight excluding hydrogens is 264 g/mol. The van der Waals surface area contributed by atoms with E-state index >= 15 is 0 Å². The topological polar surface area (TPSA) is 41.6 Å². The Bertz CT molecular complexity index is 449. The van der Waals surface area contributed by atoms with Gasteiger partial charge in [-0.1, -0.05) is 37.3 Å². The minimum Gasteiger partial charge on any atom is -0.380 e. The van der Waals surface area contributed by atoms with Crippen LogP contribution in [-0.2, 0) is 16.0 Å². The van der Waals surface area contributed by atoms with Gasteiger partial charge in [-0.15, -0.1) is 0 Å². The van der Waals surface area contributed by atoms with Crippen molar-refractivity contribution in [1.82, 2.24) is 10.2 Å². The lowest BCUT2D eigenvalue weighted by Crippen LogP contribution is -2.45. The highest BCUT2D eigenvalue weighted by Gasteiger charge is 2.40. The average Bonchev–Trinajstić information content (AvgIpc) is 2.82. The van der Waals surface area contributed by atoms with Crippen molar-refractivity contribution in [3.8, 4) is 0 Å². The Labute approximate surface area is 127 Å². The minimum absolute atomic E-state index is 0.107. The molecule has 1 amide bonds. The first-order valence-electron chi connectivity index (χ1n) is 7.87. The molecule has 0 saturated carbocycles. The number of amides is 1. The molecule has 1 aliphatic heterocycles. The standard InChI is InChI=1S/C17H26N2O2/c1-4-16-18-15(11-14-9-7-6-8-10-14)17(20)19(16)13(3)12-21-5-2/h6-10,13,15-16,18H,4-5,11-12H2,1-3H3. The van der Waals surface area contributed by atoms with Crippen LogP contribution < -0.4 is 5.32 Å². The number of carbonyl (C=O) groups excluding carboxylic acids is 1. The van der Waals surface area contributed by atoms with Crippen LogP contribution >= 0.6 is 0 Å². The summed E-state index contributed by atoms with van der Waals surface area (Å²) in [6.07, 6.45) is 1.77. The van der Waals surface area contributed by atoms with Crippen LogP contribution in [0.25, 0.3) is 0 Å². The summed E-state index contributed by atoms with van der Waals surface area (Å²) < 4.78 is 5.48. The van der Waals surface area contributed by atoms with E-state index in [1.54, 1.807) is 0 Å². The molecule has 0 aliphatic carbocycles. The maximum absolute atomic E-state index is 12.7. The van der Waals surface area contributed by atoms with Crippen LogP contribution in [0.3, 0.4) is 0 Å². The van der Waals surface area contributed by atoms with E-state index in [1.165, 1.54) is 5.56 Å². The molecule has 0 aromatic heterocycles. The normalized spacial score (nSPS) is 23.6. The van der Waals surface area contributed by atoms with Gasteiger partial charge in [0.05, 0.1) is 24.9 Å². The van der Waals surface area contributed by atoms with Crippen LogP contribution in [0, 0.1) is 0 Å². The second-order valence-corrected chi connectivity index (χ2v) is 5.59. The maximum Gasteiger partial charge on any atom is 0.241 e. The number of carbonyl (C=O) groups is 1. The van der Waals surface area contributed by atoms with Gasteiger partial charge < -0.3 is 9.64 Å². The molecule has 1 saturated heterocycles. The highest BCUT2D eigenvalue weighted by molar-refractivity contribution is 5.85. The van der Waals surface area contributed by atoms with Crippen LogP contribution in [0.15, 0.2) is 30.3 Å². The molecule has 1 fully saturated rings. The second-order valence-electron chi connectivity index (χ2n) is 5.59. The summed E-state index contributed by atoms with van der Waals surface area (Å²) in [5.41, 5.74) is 1.19. The first-order valence-corrected chi connectivity index (χ1v) is 7.87. The molecule has 1 aromatic carbocycles. The molecule has 1 aliphatic rings. The van der Waals surface area contributed by atoms with Gasteiger partial charge in [0.25, 0.3) is 0 Å². The third-order valence-electron chi connectivity index (χ3n) is 3.99. The van der Waals surface area contributed by atoms with E-state index in [-0.39, 0.29) is 24.2 Å². The zero-order chi connectivity index (χ0) is 15.2. The molecule has 3 unspecified atom stereocenters. The molecule has 1 heterocycles. The Balaban J connectivity index is 2.04.